The van der Waals surface area contributed by atoms with Crippen LogP contribution in [0.15, 0.2) is 24.3 Å². The zero-order chi connectivity index (χ0) is 9.68. The van der Waals surface area contributed by atoms with Crippen molar-refractivity contribution in [3.8, 4) is 6.07 Å². The quantitative estimate of drug-likeness (QED) is 0.534. The van der Waals surface area contributed by atoms with E-state index in [1.54, 1.807) is 6.07 Å². The van der Waals surface area contributed by atoms with Crippen LogP contribution in [0.25, 0.3) is 0 Å². The molecule has 0 radical (unpaired) electrons. The van der Waals surface area contributed by atoms with Gasteiger partial charge in [0.2, 0.25) is 0 Å². The van der Waals surface area contributed by atoms with Gasteiger partial charge in [0.15, 0.2) is 0 Å². The van der Waals surface area contributed by atoms with E-state index >= 15 is 0 Å². The van der Waals surface area contributed by atoms with Crippen molar-refractivity contribution < 1.29 is 0 Å². The average molecular weight is 193 g/mol. The lowest BCUT2D eigenvalue weighted by Crippen LogP contribution is -1.90. The van der Waals surface area contributed by atoms with Crippen molar-refractivity contribution >= 4 is 11.6 Å². The molecule has 0 bridgehead atoms. The number of allylic oxidation sites excluding steroid dienone is 2. The summed E-state index contributed by atoms with van der Waals surface area (Å²) in [6, 6.07) is 5.46. The predicted molar refractivity (Wildman–Crippen MR) is 52.5 cm³/mol. The van der Waals surface area contributed by atoms with Crippen molar-refractivity contribution in [3.63, 3.8) is 0 Å². The summed E-state index contributed by atoms with van der Waals surface area (Å²) in [5.74, 6) is 0. The maximum atomic E-state index is 8.60. The van der Waals surface area contributed by atoms with Crippen LogP contribution in [0.2, 0.25) is 5.15 Å². The van der Waals surface area contributed by atoms with Crippen molar-refractivity contribution in [1.29, 1.82) is 5.26 Å². The molecule has 2 nitrogen and oxygen atoms in total. The Morgan fingerprint density at radius 2 is 2.38 bits per heavy atom. The van der Waals surface area contributed by atoms with E-state index in [4.69, 9.17) is 16.9 Å². The van der Waals surface area contributed by atoms with Gasteiger partial charge < -0.3 is 0 Å². The summed E-state index contributed by atoms with van der Waals surface area (Å²) in [5.41, 5.74) is 1.30. The molecule has 0 aliphatic rings. The minimum Gasteiger partial charge on any atom is -0.239 e. The minimum absolute atomic E-state index is 0.282. The van der Waals surface area contributed by atoms with Gasteiger partial charge in [-0.05, 0) is 19.1 Å². The highest BCUT2D eigenvalue weighted by Gasteiger charge is 2.00. The molecule has 0 aromatic carbocycles. The second kappa shape index (κ2) is 4.64. The van der Waals surface area contributed by atoms with Crippen LogP contribution >= 0.6 is 11.6 Å². The van der Waals surface area contributed by atoms with Crippen molar-refractivity contribution in [2.45, 2.75) is 13.3 Å². The monoisotopic (exact) mass is 192 g/mol. The molecule has 1 heterocycles. The molecule has 66 valence electrons. The molecule has 0 atom stereocenters. The van der Waals surface area contributed by atoms with Gasteiger partial charge >= 0.3 is 0 Å². The Labute approximate surface area is 82.5 Å². The molecule has 1 aromatic rings. The average Bonchev–Trinajstić information content (AvgIpc) is 2.15. The van der Waals surface area contributed by atoms with Crippen molar-refractivity contribution in [1.82, 2.24) is 4.98 Å². The first kappa shape index (κ1) is 9.76. The summed E-state index contributed by atoms with van der Waals surface area (Å²) < 4.78 is 0. The van der Waals surface area contributed by atoms with E-state index in [9.17, 15) is 0 Å². The standard InChI is InChI=1S/C10H9ClN2/c1-2-3-4-9-6-5-8(7-12)10(11)13-9/h2-3,5-6H,4H2,1H3. The number of pyridine rings is 1. The number of hydrogen-bond acceptors (Lipinski definition) is 2. The normalized spacial score (nSPS) is 10.2. The van der Waals surface area contributed by atoms with Crippen LogP contribution in [0.3, 0.4) is 0 Å². The Morgan fingerprint density at radius 3 is 2.92 bits per heavy atom. The first-order valence-electron chi connectivity index (χ1n) is 3.94. The molecule has 0 N–H and O–H groups in total. The lowest BCUT2D eigenvalue weighted by molar-refractivity contribution is 1.10. The molecule has 0 aliphatic carbocycles. The second-order valence-electron chi connectivity index (χ2n) is 2.53. The third-order valence-corrected chi connectivity index (χ3v) is 1.88. The molecule has 0 unspecified atom stereocenters. The summed E-state index contributed by atoms with van der Waals surface area (Å²) in [7, 11) is 0. The Balaban J connectivity index is 2.91. The number of nitriles is 1. The maximum Gasteiger partial charge on any atom is 0.147 e. The zero-order valence-corrected chi connectivity index (χ0v) is 8.04. The fourth-order valence-corrected chi connectivity index (χ4v) is 1.12. The summed E-state index contributed by atoms with van der Waals surface area (Å²) >= 11 is 5.75. The first-order chi connectivity index (χ1) is 6.27. The van der Waals surface area contributed by atoms with Crippen LogP contribution in [0.1, 0.15) is 18.2 Å². The van der Waals surface area contributed by atoms with Gasteiger partial charge in [0.25, 0.3) is 0 Å². The maximum absolute atomic E-state index is 8.60. The van der Waals surface area contributed by atoms with Gasteiger partial charge in [0.1, 0.15) is 11.2 Å². The topological polar surface area (TPSA) is 36.7 Å². The number of nitrogens with zero attached hydrogens (tertiary/aromatic N) is 2. The van der Waals surface area contributed by atoms with Crippen LogP contribution in [0, 0.1) is 11.3 Å². The van der Waals surface area contributed by atoms with Crippen LogP contribution in [-0.4, -0.2) is 4.98 Å². The molecule has 0 spiro atoms. The zero-order valence-electron chi connectivity index (χ0n) is 7.29. The summed E-state index contributed by atoms with van der Waals surface area (Å²) in [4.78, 5) is 4.07. The highest BCUT2D eigenvalue weighted by molar-refractivity contribution is 6.30. The van der Waals surface area contributed by atoms with Gasteiger partial charge in [-0.2, -0.15) is 5.26 Å². The van der Waals surface area contributed by atoms with Gasteiger partial charge in [-0.25, -0.2) is 4.98 Å². The Hall–Kier alpha value is -1.33. The molecule has 0 aliphatic heterocycles. The van der Waals surface area contributed by atoms with E-state index in [0.29, 0.717) is 5.56 Å². The molecule has 0 amide bonds. The van der Waals surface area contributed by atoms with Crippen LogP contribution in [0.5, 0.6) is 0 Å². The highest BCUT2D eigenvalue weighted by atomic mass is 35.5. The number of hydrogen-bond donors (Lipinski definition) is 0. The van der Waals surface area contributed by atoms with Gasteiger partial charge in [0.05, 0.1) is 5.56 Å². The third-order valence-electron chi connectivity index (χ3n) is 1.59. The molecular formula is C10H9ClN2. The Bertz CT molecular complexity index is 364. The van der Waals surface area contributed by atoms with Gasteiger partial charge in [0, 0.05) is 12.1 Å². The van der Waals surface area contributed by atoms with Crippen LogP contribution in [-0.2, 0) is 6.42 Å². The predicted octanol–water partition coefficient (Wildman–Crippen LogP) is 2.73. The second-order valence-corrected chi connectivity index (χ2v) is 2.88. The minimum atomic E-state index is 0.282. The smallest absolute Gasteiger partial charge is 0.147 e. The Kier molecular flexibility index (Phi) is 3.48. The number of halogens is 1. The van der Waals surface area contributed by atoms with E-state index in [1.165, 1.54) is 0 Å². The molecule has 1 aromatic heterocycles. The molecule has 3 heteroatoms. The third kappa shape index (κ3) is 2.57. The van der Waals surface area contributed by atoms with E-state index in [0.717, 1.165) is 12.1 Å². The number of aromatic nitrogens is 1. The van der Waals surface area contributed by atoms with Crippen molar-refractivity contribution in [2.24, 2.45) is 0 Å². The largest absolute Gasteiger partial charge is 0.239 e. The SMILES string of the molecule is CC=CCc1ccc(C#N)c(Cl)n1. The van der Waals surface area contributed by atoms with Gasteiger partial charge in [-0.3, -0.25) is 0 Å². The van der Waals surface area contributed by atoms with Crippen molar-refractivity contribution in [3.05, 3.63) is 40.7 Å². The molecule has 0 saturated carbocycles. The van der Waals surface area contributed by atoms with Gasteiger partial charge in [-0.15, -0.1) is 0 Å². The first-order valence-corrected chi connectivity index (χ1v) is 4.32. The molecule has 0 fully saturated rings. The van der Waals surface area contributed by atoms with Crippen LogP contribution < -0.4 is 0 Å². The summed E-state index contributed by atoms with van der Waals surface area (Å²) in [6.45, 7) is 1.95. The van der Waals surface area contributed by atoms with E-state index in [-0.39, 0.29) is 5.15 Å². The summed E-state index contributed by atoms with van der Waals surface area (Å²) in [5, 5.41) is 8.88. The lowest BCUT2D eigenvalue weighted by Gasteiger charge is -1.97. The fourth-order valence-electron chi connectivity index (χ4n) is 0.908. The summed E-state index contributed by atoms with van der Waals surface area (Å²) in [6.07, 6.45) is 4.69. The molecule has 13 heavy (non-hydrogen) atoms. The van der Waals surface area contributed by atoms with Crippen molar-refractivity contribution in [2.75, 3.05) is 0 Å². The molecular weight excluding hydrogens is 184 g/mol. The van der Waals surface area contributed by atoms with Gasteiger partial charge in [-0.1, -0.05) is 23.8 Å². The fraction of sp³-hybridized carbons (Fsp3) is 0.200. The van der Waals surface area contributed by atoms with E-state index in [2.05, 4.69) is 4.98 Å². The van der Waals surface area contributed by atoms with E-state index < -0.39 is 0 Å². The molecule has 1 rings (SSSR count). The van der Waals surface area contributed by atoms with Crippen LogP contribution in [0.4, 0.5) is 0 Å². The Morgan fingerprint density at radius 1 is 1.62 bits per heavy atom. The van der Waals surface area contributed by atoms with E-state index in [1.807, 2.05) is 31.2 Å². The lowest BCUT2D eigenvalue weighted by atomic mass is 10.2. The highest BCUT2D eigenvalue weighted by Crippen LogP contribution is 2.12. The number of rotatable bonds is 2. The molecule has 0 saturated heterocycles.